The van der Waals surface area contributed by atoms with Crippen molar-refractivity contribution in [2.24, 2.45) is 0 Å². The van der Waals surface area contributed by atoms with Gasteiger partial charge in [-0.15, -0.1) is 11.3 Å². The molecule has 0 spiro atoms. The minimum absolute atomic E-state index is 0.320. The normalized spacial score (nSPS) is 16.9. The minimum Gasteiger partial charge on any atom is -0.485 e. The Balaban J connectivity index is 1.60. The maximum Gasteiger partial charge on any atom is 0.277 e. The number of nitrogens with two attached hydrogens (primary N) is 1. The molecule has 1 aromatic carbocycles. The van der Waals surface area contributed by atoms with Gasteiger partial charge in [-0.3, -0.25) is 0 Å². The van der Waals surface area contributed by atoms with Crippen LogP contribution in [0.3, 0.4) is 0 Å². The minimum atomic E-state index is -0.409. The average Bonchev–Trinajstić information content (AvgIpc) is 3.15. The van der Waals surface area contributed by atoms with Gasteiger partial charge in [-0.1, -0.05) is 17.3 Å². The molecule has 0 aliphatic carbocycles. The summed E-state index contributed by atoms with van der Waals surface area (Å²) >= 11 is 1.32. The van der Waals surface area contributed by atoms with Crippen LogP contribution in [0.25, 0.3) is 11.6 Å². The highest BCUT2D eigenvalue weighted by Crippen LogP contribution is 2.35. The molecule has 7 nitrogen and oxygen atoms in total. The summed E-state index contributed by atoms with van der Waals surface area (Å²) in [6.07, 6.45) is -0.409. The number of fused-ring (bicyclic) bond motifs is 1. The van der Waals surface area contributed by atoms with Gasteiger partial charge in [-0.2, -0.15) is 4.98 Å². The van der Waals surface area contributed by atoms with Crippen molar-refractivity contribution < 1.29 is 14.0 Å². The van der Waals surface area contributed by atoms with E-state index in [-0.39, 0.29) is 0 Å². The zero-order chi connectivity index (χ0) is 14.2. The number of para-hydroxylation sites is 2. The molecule has 1 atom stereocenters. The topological polar surface area (TPSA) is 96.3 Å². The molecule has 2 N–H and O–H groups in total. The van der Waals surface area contributed by atoms with Crippen molar-refractivity contribution in [2.45, 2.75) is 6.10 Å². The number of nitrogens with zero attached hydrogens (tertiary/aromatic N) is 3. The lowest BCUT2D eigenvalue weighted by molar-refractivity contribution is 0.0832. The Morgan fingerprint density at radius 1 is 1.19 bits per heavy atom. The van der Waals surface area contributed by atoms with Crippen LogP contribution in [0.1, 0.15) is 11.9 Å². The predicted molar refractivity (Wildman–Crippen MR) is 75.1 cm³/mol. The van der Waals surface area contributed by atoms with Crippen molar-refractivity contribution in [3.05, 3.63) is 35.5 Å². The second-order valence-corrected chi connectivity index (χ2v) is 5.28. The van der Waals surface area contributed by atoms with E-state index in [1.807, 2.05) is 24.3 Å². The van der Waals surface area contributed by atoms with Crippen LogP contribution in [0.2, 0.25) is 0 Å². The first kappa shape index (κ1) is 12.2. The van der Waals surface area contributed by atoms with Crippen molar-refractivity contribution in [3.63, 3.8) is 0 Å². The SMILES string of the molecule is Nc1nc(-c2nc(C3COc4ccccc4O3)no2)cs1. The van der Waals surface area contributed by atoms with E-state index in [0.717, 1.165) is 0 Å². The van der Waals surface area contributed by atoms with Crippen molar-refractivity contribution in [1.29, 1.82) is 0 Å². The summed E-state index contributed by atoms with van der Waals surface area (Å²) in [5, 5.41) is 6.15. The van der Waals surface area contributed by atoms with Crippen molar-refractivity contribution in [2.75, 3.05) is 12.3 Å². The standard InChI is InChI=1S/C13H10N4O3S/c14-13-15-7(6-21-13)12-16-11(17-20-12)10-5-18-8-3-1-2-4-9(8)19-10/h1-4,6,10H,5H2,(H2,14,15). The van der Waals surface area contributed by atoms with E-state index in [1.54, 1.807) is 5.38 Å². The van der Waals surface area contributed by atoms with Gasteiger partial charge >= 0.3 is 0 Å². The number of benzene rings is 1. The van der Waals surface area contributed by atoms with Gasteiger partial charge in [0.05, 0.1) is 0 Å². The molecule has 0 fully saturated rings. The number of thiazole rings is 1. The summed E-state index contributed by atoms with van der Waals surface area (Å²) in [5.41, 5.74) is 6.15. The lowest BCUT2D eigenvalue weighted by Gasteiger charge is -2.24. The second kappa shape index (κ2) is 4.74. The smallest absolute Gasteiger partial charge is 0.277 e. The molecule has 1 aliphatic rings. The van der Waals surface area contributed by atoms with Crippen molar-refractivity contribution in [1.82, 2.24) is 15.1 Å². The fraction of sp³-hybridized carbons (Fsp3) is 0.154. The molecule has 1 aliphatic heterocycles. The van der Waals surface area contributed by atoms with Gasteiger partial charge in [-0.05, 0) is 12.1 Å². The van der Waals surface area contributed by atoms with Crippen molar-refractivity contribution >= 4 is 16.5 Å². The van der Waals surface area contributed by atoms with Gasteiger partial charge < -0.3 is 19.7 Å². The van der Waals surface area contributed by atoms with Crippen LogP contribution in [-0.4, -0.2) is 21.7 Å². The molecule has 0 radical (unpaired) electrons. The molecular formula is C13H10N4O3S. The maximum atomic E-state index is 5.82. The van der Waals surface area contributed by atoms with Crippen LogP contribution in [0, 0.1) is 0 Å². The van der Waals surface area contributed by atoms with Gasteiger partial charge in [0, 0.05) is 5.38 Å². The van der Waals surface area contributed by atoms with Crippen LogP contribution < -0.4 is 15.2 Å². The molecule has 4 rings (SSSR count). The summed E-state index contributed by atoms with van der Waals surface area (Å²) in [7, 11) is 0. The predicted octanol–water partition coefficient (Wildman–Crippen LogP) is 2.29. The van der Waals surface area contributed by atoms with E-state index in [2.05, 4.69) is 15.1 Å². The highest BCUT2D eigenvalue weighted by molar-refractivity contribution is 7.13. The summed E-state index contributed by atoms with van der Waals surface area (Å²) in [6.45, 7) is 0.329. The number of nitrogen functional groups attached to an aromatic ring is 1. The fourth-order valence-electron chi connectivity index (χ4n) is 2.00. The van der Waals surface area contributed by atoms with Gasteiger partial charge in [-0.25, -0.2) is 4.98 Å². The molecule has 0 bridgehead atoms. The molecule has 0 amide bonds. The Hall–Kier alpha value is -2.61. The van der Waals surface area contributed by atoms with Crippen molar-refractivity contribution in [3.8, 4) is 23.1 Å². The quantitative estimate of drug-likeness (QED) is 0.775. The Labute approximate surface area is 123 Å². The zero-order valence-electron chi connectivity index (χ0n) is 10.7. The van der Waals surface area contributed by atoms with E-state index >= 15 is 0 Å². The van der Waals surface area contributed by atoms with Crippen LogP contribution in [0.4, 0.5) is 5.13 Å². The van der Waals surface area contributed by atoms with E-state index < -0.39 is 6.10 Å². The monoisotopic (exact) mass is 302 g/mol. The first-order chi connectivity index (χ1) is 10.3. The zero-order valence-corrected chi connectivity index (χ0v) is 11.5. The van der Waals surface area contributed by atoms with Crippen LogP contribution in [0.15, 0.2) is 34.2 Å². The summed E-state index contributed by atoms with van der Waals surface area (Å²) in [6, 6.07) is 7.46. The Bertz CT molecular complexity index is 785. The molecular weight excluding hydrogens is 292 g/mol. The van der Waals surface area contributed by atoms with E-state index in [9.17, 15) is 0 Å². The van der Waals surface area contributed by atoms with Crippen LogP contribution in [0.5, 0.6) is 11.5 Å². The highest BCUT2D eigenvalue weighted by atomic mass is 32.1. The average molecular weight is 302 g/mol. The number of rotatable bonds is 2. The Morgan fingerprint density at radius 2 is 2.05 bits per heavy atom. The van der Waals surface area contributed by atoms with Crippen LogP contribution in [-0.2, 0) is 0 Å². The molecule has 106 valence electrons. The largest absolute Gasteiger partial charge is 0.485 e. The number of hydrogen-bond acceptors (Lipinski definition) is 8. The first-order valence-electron chi connectivity index (χ1n) is 6.23. The number of hydrogen-bond donors (Lipinski definition) is 1. The third kappa shape index (κ3) is 2.19. The number of aromatic nitrogens is 3. The third-order valence-electron chi connectivity index (χ3n) is 2.98. The molecule has 8 heteroatoms. The Kier molecular flexibility index (Phi) is 2.74. The molecule has 0 saturated heterocycles. The third-order valence-corrected chi connectivity index (χ3v) is 3.65. The van der Waals surface area contributed by atoms with Gasteiger partial charge in [0.15, 0.2) is 22.7 Å². The Morgan fingerprint density at radius 3 is 2.86 bits per heavy atom. The molecule has 2 aromatic heterocycles. The van der Waals surface area contributed by atoms with Gasteiger partial charge in [0.2, 0.25) is 5.82 Å². The van der Waals surface area contributed by atoms with E-state index in [0.29, 0.717) is 40.6 Å². The lowest BCUT2D eigenvalue weighted by atomic mass is 10.2. The first-order valence-corrected chi connectivity index (χ1v) is 7.11. The molecule has 3 aromatic rings. The van der Waals surface area contributed by atoms with E-state index in [1.165, 1.54) is 11.3 Å². The number of ether oxygens (including phenoxy) is 2. The molecule has 3 heterocycles. The summed E-state index contributed by atoms with van der Waals surface area (Å²) < 4.78 is 16.6. The number of anilines is 1. The second-order valence-electron chi connectivity index (χ2n) is 4.39. The van der Waals surface area contributed by atoms with E-state index in [4.69, 9.17) is 19.7 Å². The highest BCUT2D eigenvalue weighted by Gasteiger charge is 2.27. The van der Waals surface area contributed by atoms with Crippen LogP contribution >= 0.6 is 11.3 Å². The fourth-order valence-corrected chi connectivity index (χ4v) is 2.54. The molecule has 21 heavy (non-hydrogen) atoms. The summed E-state index contributed by atoms with van der Waals surface area (Å²) in [4.78, 5) is 8.40. The maximum absolute atomic E-state index is 5.82. The molecule has 0 saturated carbocycles. The lowest BCUT2D eigenvalue weighted by Crippen LogP contribution is -2.22. The van der Waals surface area contributed by atoms with Gasteiger partial charge in [0.1, 0.15) is 12.3 Å². The van der Waals surface area contributed by atoms with Gasteiger partial charge in [0.25, 0.3) is 5.89 Å². The molecule has 1 unspecified atom stereocenters. The summed E-state index contributed by atoms with van der Waals surface area (Å²) in [5.74, 6) is 2.12.